The van der Waals surface area contributed by atoms with Gasteiger partial charge >= 0.3 is 0 Å². The van der Waals surface area contributed by atoms with Crippen molar-refractivity contribution < 1.29 is 0 Å². The zero-order valence-corrected chi connectivity index (χ0v) is 34.1. The second-order valence-corrected chi connectivity index (χ2v) is 16.3. The van der Waals surface area contributed by atoms with Gasteiger partial charge in [-0.25, -0.2) is 0 Å². The van der Waals surface area contributed by atoms with Crippen molar-refractivity contribution >= 4 is 53.9 Å². The molecule has 0 heterocycles. The molecule has 12 aromatic rings. The maximum Gasteiger partial charge on any atom is -0.00137 e. The van der Waals surface area contributed by atoms with Crippen molar-refractivity contribution in [3.8, 4) is 66.8 Å². The van der Waals surface area contributed by atoms with E-state index in [9.17, 15) is 0 Å². The lowest BCUT2D eigenvalue weighted by Gasteiger charge is -2.19. The summed E-state index contributed by atoms with van der Waals surface area (Å²) < 4.78 is 0. The summed E-state index contributed by atoms with van der Waals surface area (Å²) in [7, 11) is 0. The fraction of sp³-hybridized carbons (Fsp3) is 0. The van der Waals surface area contributed by atoms with E-state index < -0.39 is 0 Å². The topological polar surface area (TPSA) is 0 Å². The molecule has 12 aromatic carbocycles. The number of hydrogen-bond donors (Lipinski definition) is 0. The lowest BCUT2D eigenvalue weighted by atomic mass is 9.84. The highest BCUT2D eigenvalue weighted by molar-refractivity contribution is 6.39. The monoisotopic (exact) mass is 784 g/mol. The molecule has 0 fully saturated rings. The van der Waals surface area contributed by atoms with E-state index in [1.54, 1.807) is 0 Å². The smallest absolute Gasteiger partial charge is 0.00137 e. The summed E-state index contributed by atoms with van der Waals surface area (Å²) in [6.07, 6.45) is 0. The molecule has 0 radical (unpaired) electrons. The van der Waals surface area contributed by atoms with Crippen molar-refractivity contribution in [1.82, 2.24) is 0 Å². The Morgan fingerprint density at radius 1 is 0.145 bits per heavy atom. The van der Waals surface area contributed by atoms with Gasteiger partial charge in [-0.05, 0) is 133 Å². The van der Waals surface area contributed by atoms with E-state index in [4.69, 9.17) is 0 Å². The van der Waals surface area contributed by atoms with Crippen LogP contribution in [0.4, 0.5) is 0 Å². The molecule has 0 unspecified atom stereocenters. The SMILES string of the molecule is c1ccc(-c2ccc(-c3ccccc3-c3ccc4c5ccccc5c5c6cc(-c7ccccc7-c7ccc(-c8ccccc8)cc7)ccc6c6ccccc6c5c4c3)cc2)cc1. The maximum absolute atomic E-state index is 2.46. The highest BCUT2D eigenvalue weighted by Gasteiger charge is 2.19. The third kappa shape index (κ3) is 5.99. The molecule has 0 spiro atoms. The minimum absolute atomic E-state index is 1.21. The minimum atomic E-state index is 1.21. The van der Waals surface area contributed by atoms with Crippen molar-refractivity contribution in [2.45, 2.75) is 0 Å². The Morgan fingerprint density at radius 2 is 0.403 bits per heavy atom. The molecule has 0 saturated carbocycles. The van der Waals surface area contributed by atoms with Gasteiger partial charge in [-0.1, -0.05) is 231 Å². The minimum Gasteiger partial charge on any atom is -0.0622 e. The van der Waals surface area contributed by atoms with Gasteiger partial charge in [-0.2, -0.15) is 0 Å². The van der Waals surface area contributed by atoms with Gasteiger partial charge in [0.2, 0.25) is 0 Å². The summed E-state index contributed by atoms with van der Waals surface area (Å²) in [5, 5.41) is 12.8. The van der Waals surface area contributed by atoms with Gasteiger partial charge in [0.15, 0.2) is 0 Å². The Bertz CT molecular complexity index is 3390. The van der Waals surface area contributed by atoms with E-state index in [0.29, 0.717) is 0 Å². The molecule has 0 aliphatic carbocycles. The van der Waals surface area contributed by atoms with Crippen LogP contribution in [0.25, 0.3) is 121 Å². The predicted octanol–water partition coefficient (Wildman–Crippen LogP) is 17.5. The van der Waals surface area contributed by atoms with Gasteiger partial charge in [-0.3, -0.25) is 0 Å². The molecule has 0 aliphatic rings. The Morgan fingerprint density at radius 3 is 0.790 bits per heavy atom. The van der Waals surface area contributed by atoms with E-state index in [1.807, 2.05) is 0 Å². The van der Waals surface area contributed by atoms with Crippen LogP contribution in [0.1, 0.15) is 0 Å². The zero-order valence-electron chi connectivity index (χ0n) is 34.1. The van der Waals surface area contributed by atoms with Crippen LogP contribution >= 0.6 is 0 Å². The Kier molecular flexibility index (Phi) is 8.61. The van der Waals surface area contributed by atoms with Gasteiger partial charge < -0.3 is 0 Å². The van der Waals surface area contributed by atoms with Crippen molar-refractivity contribution in [3.05, 3.63) is 243 Å². The molecule has 62 heavy (non-hydrogen) atoms. The fourth-order valence-electron chi connectivity index (χ4n) is 9.93. The van der Waals surface area contributed by atoms with Gasteiger partial charge in [-0.15, -0.1) is 0 Å². The van der Waals surface area contributed by atoms with Crippen molar-refractivity contribution in [2.75, 3.05) is 0 Å². The van der Waals surface area contributed by atoms with Crippen LogP contribution in [0.2, 0.25) is 0 Å². The standard InChI is InChI=1S/C62H40/c1-3-15-41(16-4-1)43-27-31-45(32-28-43)49-19-7-9-21-51(49)47-35-37-55-53-23-11-14-26-58(53)62-60-40-48(36-38-56(60)54-24-12-13-25-57(54)61(62)59(55)39-47)52-22-10-8-20-50(52)46-33-29-44(30-34-46)42-17-5-2-6-18-42/h1-40H. The normalized spacial score (nSPS) is 11.5. The first kappa shape index (κ1) is 35.8. The summed E-state index contributed by atoms with van der Waals surface area (Å²) in [4.78, 5) is 0. The van der Waals surface area contributed by atoms with Crippen LogP contribution in [0.15, 0.2) is 243 Å². The van der Waals surface area contributed by atoms with Crippen LogP contribution < -0.4 is 0 Å². The zero-order chi connectivity index (χ0) is 41.0. The lowest BCUT2D eigenvalue weighted by Crippen LogP contribution is -1.91. The second-order valence-electron chi connectivity index (χ2n) is 16.3. The Labute approximate surface area is 361 Å². The molecule has 0 amide bonds. The predicted molar refractivity (Wildman–Crippen MR) is 267 cm³/mol. The van der Waals surface area contributed by atoms with Crippen LogP contribution in [-0.2, 0) is 0 Å². The van der Waals surface area contributed by atoms with Crippen molar-refractivity contribution in [2.24, 2.45) is 0 Å². The molecule has 0 atom stereocenters. The number of benzene rings is 12. The van der Waals surface area contributed by atoms with Gasteiger partial charge in [0.05, 0.1) is 0 Å². The van der Waals surface area contributed by atoms with Gasteiger partial charge in [0.25, 0.3) is 0 Å². The van der Waals surface area contributed by atoms with E-state index in [0.717, 1.165) is 0 Å². The largest absolute Gasteiger partial charge is 0.0622 e. The number of rotatable bonds is 6. The third-order valence-corrected chi connectivity index (χ3v) is 12.9. The summed E-state index contributed by atoms with van der Waals surface area (Å²) >= 11 is 0. The molecule has 0 aliphatic heterocycles. The average molecular weight is 785 g/mol. The summed E-state index contributed by atoms with van der Waals surface area (Å²) in [5.41, 5.74) is 14.6. The number of hydrogen-bond acceptors (Lipinski definition) is 0. The quantitative estimate of drug-likeness (QED) is 0.147. The van der Waals surface area contributed by atoms with Gasteiger partial charge in [0, 0.05) is 0 Å². The average Bonchev–Trinajstić information content (AvgIpc) is 3.36. The van der Waals surface area contributed by atoms with E-state index in [-0.39, 0.29) is 0 Å². The highest BCUT2D eigenvalue weighted by Crippen LogP contribution is 2.47. The molecule has 0 N–H and O–H groups in total. The molecule has 288 valence electrons. The first-order chi connectivity index (χ1) is 30.8. The lowest BCUT2D eigenvalue weighted by molar-refractivity contribution is 1.58. The fourth-order valence-corrected chi connectivity index (χ4v) is 9.93. The van der Waals surface area contributed by atoms with Crippen LogP contribution in [0, 0.1) is 0 Å². The summed E-state index contributed by atoms with van der Waals surface area (Å²) in [6, 6.07) is 89.2. The molecule has 0 bridgehead atoms. The summed E-state index contributed by atoms with van der Waals surface area (Å²) in [6.45, 7) is 0. The van der Waals surface area contributed by atoms with Crippen molar-refractivity contribution in [1.29, 1.82) is 0 Å². The van der Waals surface area contributed by atoms with E-state index >= 15 is 0 Å². The molecular weight excluding hydrogens is 745 g/mol. The Hall–Kier alpha value is -8.06. The van der Waals surface area contributed by atoms with Crippen LogP contribution in [0.5, 0.6) is 0 Å². The molecule has 0 heteroatoms. The third-order valence-electron chi connectivity index (χ3n) is 12.9. The molecule has 0 nitrogen and oxygen atoms in total. The second kappa shape index (κ2) is 14.9. The first-order valence-electron chi connectivity index (χ1n) is 21.5. The molecule has 0 aromatic heterocycles. The first-order valence-corrected chi connectivity index (χ1v) is 21.5. The van der Waals surface area contributed by atoms with Crippen molar-refractivity contribution in [3.63, 3.8) is 0 Å². The van der Waals surface area contributed by atoms with Gasteiger partial charge in [0.1, 0.15) is 0 Å². The van der Waals surface area contributed by atoms with Crippen LogP contribution in [-0.4, -0.2) is 0 Å². The molecule has 0 saturated heterocycles. The van der Waals surface area contributed by atoms with E-state index in [1.165, 1.54) is 121 Å². The Balaban J connectivity index is 1.07. The summed E-state index contributed by atoms with van der Waals surface area (Å²) in [5.74, 6) is 0. The maximum atomic E-state index is 2.46. The molecular formula is C62H40. The van der Waals surface area contributed by atoms with E-state index in [2.05, 4.69) is 243 Å². The molecule has 12 rings (SSSR count). The highest BCUT2D eigenvalue weighted by atomic mass is 14.2. The van der Waals surface area contributed by atoms with Crippen LogP contribution in [0.3, 0.4) is 0 Å². The number of fused-ring (bicyclic) bond motifs is 11.